The Labute approximate surface area is 214 Å². The number of nitrogens with one attached hydrogen (secondary N) is 1. The number of anilines is 2. The SMILES string of the molecule is CC(C)C1CCC(n2cc(NC(=O)c3cncc4ccc(N5C[C@H]6CC5CO6)nc34)c(C(F)F)n2)CC1. The molecular formula is C27H32F2N6O2. The van der Waals surface area contributed by atoms with Crippen LogP contribution in [0, 0.1) is 11.8 Å². The van der Waals surface area contributed by atoms with Gasteiger partial charge < -0.3 is 15.0 Å². The number of nitrogens with zero attached hydrogens (tertiary/aromatic N) is 5. The van der Waals surface area contributed by atoms with Crippen LogP contribution in [0.1, 0.15) is 74.5 Å². The Bertz CT molecular complexity index is 1300. The van der Waals surface area contributed by atoms with E-state index >= 15 is 0 Å². The normalized spacial score (nSPS) is 25.5. The fourth-order valence-electron chi connectivity index (χ4n) is 6.11. The van der Waals surface area contributed by atoms with Crippen LogP contribution < -0.4 is 10.2 Å². The van der Waals surface area contributed by atoms with Gasteiger partial charge in [0.2, 0.25) is 0 Å². The standard InChI is InChI=1S/C27H32F2N6O2/c1-15(2)16-3-6-18(7-4-16)35-13-22(25(33-35)26(28)29)31-27(36)21-11-30-10-17-5-8-23(32-24(17)21)34-12-20-9-19(34)14-37-20/h5,8,10-11,13,15-16,18-20,26H,3-4,6-7,9,12,14H2,1-2H3,(H,31,36)/t16?,18?,19?,20-/m1/s1. The first-order valence-corrected chi connectivity index (χ1v) is 13.2. The molecule has 3 aromatic rings. The summed E-state index contributed by atoms with van der Waals surface area (Å²) >= 11 is 0. The smallest absolute Gasteiger partial charge is 0.284 e. The minimum Gasteiger partial charge on any atom is -0.374 e. The van der Waals surface area contributed by atoms with Crippen molar-refractivity contribution in [1.82, 2.24) is 19.7 Å². The molecule has 2 aliphatic heterocycles. The number of hydrogen-bond acceptors (Lipinski definition) is 6. The maximum atomic E-state index is 13.9. The molecular weight excluding hydrogens is 478 g/mol. The highest BCUT2D eigenvalue weighted by molar-refractivity contribution is 6.11. The Kier molecular flexibility index (Phi) is 6.30. The van der Waals surface area contributed by atoms with Gasteiger partial charge in [-0.3, -0.25) is 14.5 Å². The van der Waals surface area contributed by atoms with Gasteiger partial charge in [-0.2, -0.15) is 5.10 Å². The second-order valence-corrected chi connectivity index (χ2v) is 10.9. The highest BCUT2D eigenvalue weighted by atomic mass is 19.3. The third-order valence-corrected chi connectivity index (χ3v) is 8.30. The van der Waals surface area contributed by atoms with Crippen molar-refractivity contribution >= 4 is 28.3 Å². The van der Waals surface area contributed by atoms with Crippen molar-refractivity contribution in [3.63, 3.8) is 0 Å². The fourth-order valence-corrected chi connectivity index (χ4v) is 6.11. The molecule has 2 bridgehead atoms. The van der Waals surface area contributed by atoms with Crippen LogP contribution in [0.2, 0.25) is 0 Å². The number of aromatic nitrogens is 4. The molecule has 2 atom stereocenters. The third kappa shape index (κ3) is 4.56. The van der Waals surface area contributed by atoms with Crippen molar-refractivity contribution in [1.29, 1.82) is 0 Å². The largest absolute Gasteiger partial charge is 0.374 e. The minimum absolute atomic E-state index is 0.0353. The van der Waals surface area contributed by atoms with Gasteiger partial charge in [-0.15, -0.1) is 0 Å². The number of ether oxygens (including phenoxy) is 1. The van der Waals surface area contributed by atoms with Crippen LogP contribution in [0.4, 0.5) is 20.3 Å². The Morgan fingerprint density at radius 1 is 1.14 bits per heavy atom. The summed E-state index contributed by atoms with van der Waals surface area (Å²) < 4.78 is 35.1. The molecule has 3 aromatic heterocycles. The molecule has 0 aromatic carbocycles. The highest BCUT2D eigenvalue weighted by Crippen LogP contribution is 2.38. The average molecular weight is 511 g/mol. The van der Waals surface area contributed by atoms with E-state index in [9.17, 15) is 13.6 Å². The van der Waals surface area contributed by atoms with E-state index in [0.717, 1.165) is 44.5 Å². The van der Waals surface area contributed by atoms with E-state index in [2.05, 4.69) is 34.1 Å². The first-order chi connectivity index (χ1) is 17.9. The fraction of sp³-hybridized carbons (Fsp3) is 0.556. The summed E-state index contributed by atoms with van der Waals surface area (Å²) in [6.07, 6.45) is 6.92. The molecule has 5 heterocycles. The lowest BCUT2D eigenvalue weighted by Gasteiger charge is -2.30. The second kappa shape index (κ2) is 9.63. The number of fused-ring (bicyclic) bond motifs is 3. The van der Waals surface area contributed by atoms with E-state index in [1.54, 1.807) is 17.1 Å². The summed E-state index contributed by atoms with van der Waals surface area (Å²) in [6.45, 7) is 5.90. The first kappa shape index (κ1) is 24.2. The predicted molar refractivity (Wildman–Crippen MR) is 136 cm³/mol. The summed E-state index contributed by atoms with van der Waals surface area (Å²) in [4.78, 5) is 24.6. The van der Waals surface area contributed by atoms with Gasteiger partial charge in [-0.25, -0.2) is 13.8 Å². The van der Waals surface area contributed by atoms with Gasteiger partial charge in [-0.05, 0) is 56.1 Å². The average Bonchev–Trinajstić information content (AvgIpc) is 3.64. The van der Waals surface area contributed by atoms with E-state index in [4.69, 9.17) is 9.72 Å². The molecule has 1 unspecified atom stereocenters. The molecule has 1 saturated carbocycles. The van der Waals surface area contributed by atoms with Crippen LogP contribution >= 0.6 is 0 Å². The Morgan fingerprint density at radius 2 is 1.95 bits per heavy atom. The van der Waals surface area contributed by atoms with Crippen molar-refractivity contribution in [2.24, 2.45) is 11.8 Å². The zero-order valence-electron chi connectivity index (χ0n) is 21.1. The van der Waals surface area contributed by atoms with E-state index in [-0.39, 0.29) is 29.4 Å². The lowest BCUT2D eigenvalue weighted by atomic mass is 9.80. The summed E-state index contributed by atoms with van der Waals surface area (Å²) in [7, 11) is 0. The van der Waals surface area contributed by atoms with Gasteiger partial charge in [0.1, 0.15) is 5.82 Å². The number of pyridine rings is 2. The van der Waals surface area contributed by atoms with E-state index < -0.39 is 18.0 Å². The molecule has 8 nitrogen and oxygen atoms in total. The van der Waals surface area contributed by atoms with Crippen LogP contribution in [-0.4, -0.2) is 51.0 Å². The van der Waals surface area contributed by atoms with Crippen molar-refractivity contribution < 1.29 is 18.3 Å². The lowest BCUT2D eigenvalue weighted by molar-refractivity contribution is 0.0988. The van der Waals surface area contributed by atoms with Crippen LogP contribution in [0.15, 0.2) is 30.7 Å². The van der Waals surface area contributed by atoms with Crippen LogP contribution in [0.5, 0.6) is 0 Å². The molecule has 0 radical (unpaired) electrons. The van der Waals surface area contributed by atoms with Gasteiger partial charge in [-0.1, -0.05) is 13.8 Å². The third-order valence-electron chi connectivity index (χ3n) is 8.30. The number of carbonyl (C=O) groups excluding carboxylic acids is 1. The van der Waals surface area contributed by atoms with Gasteiger partial charge in [0.25, 0.3) is 12.3 Å². The van der Waals surface area contributed by atoms with E-state index in [1.165, 1.54) is 6.20 Å². The van der Waals surface area contributed by atoms with Crippen molar-refractivity contribution in [2.75, 3.05) is 23.4 Å². The molecule has 1 aliphatic carbocycles. The zero-order valence-corrected chi connectivity index (χ0v) is 21.1. The molecule has 3 fully saturated rings. The number of hydrogen-bond donors (Lipinski definition) is 1. The van der Waals surface area contributed by atoms with Gasteiger partial charge >= 0.3 is 0 Å². The number of amides is 1. The Hall–Kier alpha value is -3.14. The Balaban J connectivity index is 1.25. The topological polar surface area (TPSA) is 85.2 Å². The second-order valence-electron chi connectivity index (χ2n) is 10.9. The van der Waals surface area contributed by atoms with Crippen molar-refractivity contribution in [2.45, 2.75) is 70.6 Å². The molecule has 3 aliphatic rings. The molecule has 196 valence electrons. The number of rotatable bonds is 6. The molecule has 1 N–H and O–H groups in total. The Morgan fingerprint density at radius 3 is 2.62 bits per heavy atom. The lowest BCUT2D eigenvalue weighted by Crippen LogP contribution is -2.37. The maximum Gasteiger partial charge on any atom is 0.284 e. The van der Waals surface area contributed by atoms with Crippen LogP contribution in [-0.2, 0) is 4.74 Å². The van der Waals surface area contributed by atoms with Crippen LogP contribution in [0.25, 0.3) is 10.9 Å². The zero-order chi connectivity index (χ0) is 25.7. The van der Waals surface area contributed by atoms with E-state index in [1.807, 2.05) is 12.1 Å². The maximum absolute atomic E-state index is 13.9. The molecule has 2 saturated heterocycles. The summed E-state index contributed by atoms with van der Waals surface area (Å²) in [5.41, 5.74) is 0.361. The van der Waals surface area contributed by atoms with Crippen molar-refractivity contribution in [3.05, 3.63) is 42.0 Å². The monoisotopic (exact) mass is 510 g/mol. The van der Waals surface area contributed by atoms with E-state index in [0.29, 0.717) is 29.3 Å². The first-order valence-electron chi connectivity index (χ1n) is 13.2. The summed E-state index contributed by atoms with van der Waals surface area (Å²) in [5, 5.41) is 7.60. The predicted octanol–water partition coefficient (Wildman–Crippen LogP) is 5.38. The number of carbonyl (C=O) groups is 1. The molecule has 1 amide bonds. The van der Waals surface area contributed by atoms with Gasteiger partial charge in [0, 0.05) is 30.5 Å². The van der Waals surface area contributed by atoms with Gasteiger partial charge in [0.05, 0.1) is 41.6 Å². The summed E-state index contributed by atoms with van der Waals surface area (Å²) in [6, 6.07) is 4.16. The van der Waals surface area contributed by atoms with Gasteiger partial charge in [0.15, 0.2) is 5.69 Å². The quantitative estimate of drug-likeness (QED) is 0.479. The molecule has 0 spiro atoms. The number of alkyl halides is 2. The number of halogens is 2. The van der Waals surface area contributed by atoms with Crippen molar-refractivity contribution in [3.8, 4) is 0 Å². The summed E-state index contributed by atoms with van der Waals surface area (Å²) in [5.74, 6) is 1.52. The molecule has 10 heteroatoms. The highest BCUT2D eigenvalue weighted by Gasteiger charge is 2.39. The molecule has 37 heavy (non-hydrogen) atoms. The number of morpholine rings is 1. The minimum atomic E-state index is -2.80. The van der Waals surface area contributed by atoms with Crippen LogP contribution in [0.3, 0.4) is 0 Å². The molecule has 6 rings (SSSR count).